The molecular weight excluding hydrogens is 334 g/mol. The minimum atomic E-state index is -0.645. The Balaban J connectivity index is 3.10. The number of nitrogens with two attached hydrogens (primary N) is 2. The number of carbonyl (C=O) groups is 2. The SMILES string of the molecule is CCC(CC)(CN)NC(=O)c1cc(Cl)c(OCC(N)=O)c(OC)c1. The monoisotopic (exact) mass is 357 g/mol. The first kappa shape index (κ1) is 20.1. The van der Waals surface area contributed by atoms with Crippen molar-refractivity contribution in [2.75, 3.05) is 20.3 Å². The lowest BCUT2D eigenvalue weighted by molar-refractivity contribution is -0.119. The molecule has 134 valence electrons. The Morgan fingerprint density at radius 1 is 1.29 bits per heavy atom. The highest BCUT2D eigenvalue weighted by atomic mass is 35.5. The van der Waals surface area contributed by atoms with E-state index in [-0.39, 0.29) is 29.0 Å². The summed E-state index contributed by atoms with van der Waals surface area (Å²) in [4.78, 5) is 23.4. The summed E-state index contributed by atoms with van der Waals surface area (Å²) >= 11 is 6.15. The van der Waals surface area contributed by atoms with Gasteiger partial charge in [-0.1, -0.05) is 25.4 Å². The van der Waals surface area contributed by atoms with E-state index in [1.807, 2.05) is 13.8 Å². The molecule has 0 unspecified atom stereocenters. The van der Waals surface area contributed by atoms with Crippen molar-refractivity contribution < 1.29 is 19.1 Å². The van der Waals surface area contributed by atoms with Crippen LogP contribution in [0.4, 0.5) is 0 Å². The van der Waals surface area contributed by atoms with Gasteiger partial charge in [0.05, 0.1) is 17.7 Å². The first-order valence-corrected chi connectivity index (χ1v) is 8.01. The van der Waals surface area contributed by atoms with Gasteiger partial charge >= 0.3 is 0 Å². The van der Waals surface area contributed by atoms with Gasteiger partial charge in [0.2, 0.25) is 0 Å². The number of hydrogen-bond acceptors (Lipinski definition) is 5. The van der Waals surface area contributed by atoms with Crippen LogP contribution in [0, 0.1) is 0 Å². The van der Waals surface area contributed by atoms with Gasteiger partial charge in [-0.2, -0.15) is 0 Å². The van der Waals surface area contributed by atoms with E-state index in [2.05, 4.69) is 5.32 Å². The standard InChI is InChI=1S/C16H24ClN3O4/c1-4-16(5-2,9-18)20-15(22)10-6-11(17)14(12(7-10)23-3)24-8-13(19)21/h6-7H,4-5,8-9,18H2,1-3H3,(H2,19,21)(H,20,22). The van der Waals surface area contributed by atoms with Crippen molar-refractivity contribution in [3.63, 3.8) is 0 Å². The van der Waals surface area contributed by atoms with Crippen LogP contribution in [0.25, 0.3) is 0 Å². The predicted octanol–water partition coefficient (Wildman–Crippen LogP) is 1.46. The number of benzene rings is 1. The lowest BCUT2D eigenvalue weighted by Gasteiger charge is -2.31. The normalized spacial score (nSPS) is 11.0. The molecule has 24 heavy (non-hydrogen) atoms. The molecule has 0 atom stereocenters. The Bertz CT molecular complexity index is 595. The number of amides is 2. The van der Waals surface area contributed by atoms with E-state index in [0.29, 0.717) is 24.9 Å². The van der Waals surface area contributed by atoms with Gasteiger partial charge in [-0.05, 0) is 25.0 Å². The summed E-state index contributed by atoms with van der Waals surface area (Å²) in [7, 11) is 1.41. The van der Waals surface area contributed by atoms with E-state index >= 15 is 0 Å². The second-order valence-electron chi connectivity index (χ2n) is 5.39. The number of halogens is 1. The topological polar surface area (TPSA) is 117 Å². The molecule has 1 aromatic carbocycles. The van der Waals surface area contributed by atoms with Gasteiger partial charge in [0, 0.05) is 12.1 Å². The molecule has 0 aliphatic rings. The summed E-state index contributed by atoms with van der Waals surface area (Å²) in [6.07, 6.45) is 1.41. The average molecular weight is 358 g/mol. The van der Waals surface area contributed by atoms with Gasteiger partial charge < -0.3 is 26.3 Å². The van der Waals surface area contributed by atoms with Crippen molar-refractivity contribution in [3.05, 3.63) is 22.7 Å². The largest absolute Gasteiger partial charge is 0.493 e. The van der Waals surface area contributed by atoms with Crippen LogP contribution in [0.3, 0.4) is 0 Å². The third-order valence-electron chi connectivity index (χ3n) is 3.97. The van der Waals surface area contributed by atoms with Gasteiger partial charge in [0.25, 0.3) is 11.8 Å². The van der Waals surface area contributed by atoms with E-state index < -0.39 is 11.4 Å². The van der Waals surface area contributed by atoms with Crippen molar-refractivity contribution in [2.45, 2.75) is 32.2 Å². The van der Waals surface area contributed by atoms with Gasteiger partial charge in [-0.3, -0.25) is 9.59 Å². The van der Waals surface area contributed by atoms with Gasteiger partial charge in [-0.25, -0.2) is 0 Å². The average Bonchev–Trinajstić information content (AvgIpc) is 2.57. The molecule has 5 N–H and O–H groups in total. The second kappa shape index (κ2) is 8.75. The fourth-order valence-corrected chi connectivity index (χ4v) is 2.48. The third kappa shape index (κ3) is 4.75. The molecule has 0 radical (unpaired) electrons. The molecule has 0 saturated carbocycles. The number of nitrogens with one attached hydrogen (secondary N) is 1. The molecule has 0 aliphatic heterocycles. The van der Waals surface area contributed by atoms with Crippen LogP contribution < -0.4 is 26.3 Å². The Morgan fingerprint density at radius 3 is 2.38 bits per heavy atom. The quantitative estimate of drug-likeness (QED) is 0.618. The predicted molar refractivity (Wildman–Crippen MR) is 92.5 cm³/mol. The molecule has 1 rings (SSSR count). The summed E-state index contributed by atoms with van der Waals surface area (Å²) in [5.41, 5.74) is 10.7. The van der Waals surface area contributed by atoms with Gasteiger partial charge in [0.15, 0.2) is 18.1 Å². The minimum Gasteiger partial charge on any atom is -0.493 e. The molecule has 8 heteroatoms. The van der Waals surface area contributed by atoms with Crippen LogP contribution in [-0.2, 0) is 4.79 Å². The Morgan fingerprint density at radius 2 is 1.92 bits per heavy atom. The van der Waals surface area contributed by atoms with Crippen molar-refractivity contribution in [1.29, 1.82) is 0 Å². The summed E-state index contributed by atoms with van der Waals surface area (Å²) < 4.78 is 10.4. The highest BCUT2D eigenvalue weighted by molar-refractivity contribution is 6.32. The van der Waals surface area contributed by atoms with Crippen LogP contribution in [-0.4, -0.2) is 37.6 Å². The summed E-state index contributed by atoms with van der Waals surface area (Å²) in [5.74, 6) is -0.565. The molecule has 0 bridgehead atoms. The molecule has 0 spiro atoms. The van der Waals surface area contributed by atoms with Crippen LogP contribution >= 0.6 is 11.6 Å². The zero-order valence-corrected chi connectivity index (χ0v) is 14.9. The smallest absolute Gasteiger partial charge is 0.255 e. The molecule has 0 heterocycles. The maximum absolute atomic E-state index is 12.5. The molecule has 0 aromatic heterocycles. The number of primary amides is 1. The van der Waals surface area contributed by atoms with E-state index in [4.69, 9.17) is 32.5 Å². The number of hydrogen-bond donors (Lipinski definition) is 3. The van der Waals surface area contributed by atoms with Crippen LogP contribution in [0.2, 0.25) is 5.02 Å². The summed E-state index contributed by atoms with van der Waals surface area (Å²) in [6.45, 7) is 3.91. The van der Waals surface area contributed by atoms with E-state index in [0.717, 1.165) is 0 Å². The number of carbonyl (C=O) groups excluding carboxylic acids is 2. The van der Waals surface area contributed by atoms with Crippen molar-refractivity contribution in [2.24, 2.45) is 11.5 Å². The van der Waals surface area contributed by atoms with E-state index in [9.17, 15) is 9.59 Å². The minimum absolute atomic E-state index is 0.145. The van der Waals surface area contributed by atoms with Crippen molar-refractivity contribution >= 4 is 23.4 Å². The maximum atomic E-state index is 12.5. The van der Waals surface area contributed by atoms with Crippen LogP contribution in [0.5, 0.6) is 11.5 Å². The Labute approximate surface area is 146 Å². The lowest BCUT2D eigenvalue weighted by Crippen LogP contribution is -2.52. The molecule has 2 amide bonds. The number of methoxy groups -OCH3 is 1. The zero-order valence-electron chi connectivity index (χ0n) is 14.1. The van der Waals surface area contributed by atoms with Gasteiger partial charge in [-0.15, -0.1) is 0 Å². The molecule has 0 fully saturated rings. The van der Waals surface area contributed by atoms with Crippen LogP contribution in [0.1, 0.15) is 37.0 Å². The molecular formula is C16H24ClN3O4. The Kier molecular flexibility index (Phi) is 7.31. The van der Waals surface area contributed by atoms with Crippen molar-refractivity contribution in [3.8, 4) is 11.5 Å². The fourth-order valence-electron chi connectivity index (χ4n) is 2.21. The third-order valence-corrected chi connectivity index (χ3v) is 4.25. The highest BCUT2D eigenvalue weighted by Gasteiger charge is 2.27. The second-order valence-corrected chi connectivity index (χ2v) is 5.80. The van der Waals surface area contributed by atoms with Gasteiger partial charge in [0.1, 0.15) is 0 Å². The zero-order chi connectivity index (χ0) is 18.3. The Hall–Kier alpha value is -1.99. The molecule has 7 nitrogen and oxygen atoms in total. The van der Waals surface area contributed by atoms with Crippen molar-refractivity contribution in [1.82, 2.24) is 5.32 Å². The molecule has 0 aliphatic carbocycles. The van der Waals surface area contributed by atoms with E-state index in [1.165, 1.54) is 19.2 Å². The maximum Gasteiger partial charge on any atom is 0.255 e. The lowest BCUT2D eigenvalue weighted by atomic mass is 9.92. The van der Waals surface area contributed by atoms with E-state index in [1.54, 1.807) is 0 Å². The first-order chi connectivity index (χ1) is 11.3. The number of rotatable bonds is 9. The highest BCUT2D eigenvalue weighted by Crippen LogP contribution is 2.36. The number of ether oxygens (including phenoxy) is 2. The fraction of sp³-hybridized carbons (Fsp3) is 0.500. The summed E-state index contributed by atoms with van der Waals surface area (Å²) in [6, 6.07) is 2.94. The molecule has 0 saturated heterocycles. The van der Waals surface area contributed by atoms with Crippen LogP contribution in [0.15, 0.2) is 12.1 Å². The summed E-state index contributed by atoms with van der Waals surface area (Å²) in [5, 5.41) is 3.10. The first-order valence-electron chi connectivity index (χ1n) is 7.63. The molecule has 1 aromatic rings.